The van der Waals surface area contributed by atoms with E-state index in [0.29, 0.717) is 6.16 Å². The molecular weight excluding hydrogens is 415 g/mol. The Morgan fingerprint density at radius 3 is 1.62 bits per heavy atom. The van der Waals surface area contributed by atoms with E-state index < -0.39 is 7.26 Å². The third-order valence-corrected chi connectivity index (χ3v) is 12.9. The summed E-state index contributed by atoms with van der Waals surface area (Å²) >= 11 is 0. The summed E-state index contributed by atoms with van der Waals surface area (Å²) in [6, 6.07) is 12.1. The zero-order chi connectivity index (χ0) is 23.9. The van der Waals surface area contributed by atoms with Gasteiger partial charge in [-0.3, -0.25) is 0 Å². The molecule has 2 aromatic carbocycles. The van der Waals surface area contributed by atoms with Gasteiger partial charge in [0.25, 0.3) is 0 Å². The van der Waals surface area contributed by atoms with Gasteiger partial charge in [-0.25, -0.2) is 0 Å². The normalized spacial score (nSPS) is 12.8. The molecule has 0 aliphatic heterocycles. The van der Waals surface area contributed by atoms with Gasteiger partial charge >= 0.3 is 195 Å². The average Bonchev–Trinajstić information content (AvgIpc) is 2.76. The average molecular weight is 457 g/mol. The molecule has 1 atom stereocenters. The Bertz CT molecular complexity index is 910. The van der Waals surface area contributed by atoms with Crippen LogP contribution in [0.15, 0.2) is 36.4 Å². The molecule has 2 N–H and O–H groups in total. The third-order valence-electron chi connectivity index (χ3n) is 7.03. The molecule has 0 bridgehead atoms. The Balaban J connectivity index is 2.31. The van der Waals surface area contributed by atoms with Crippen molar-refractivity contribution in [2.24, 2.45) is 0 Å². The molecule has 2 rings (SSSR count). The van der Waals surface area contributed by atoms with Crippen molar-refractivity contribution in [3.8, 4) is 0 Å². The molecular formula is C27H41N2O2P. The SMILES string of the molecule is CCCC(C(=O)Nc1c(C)cccc1C)[PH](CC)(CC)CC(=O)Nc1c(C)cccc1C. The van der Waals surface area contributed by atoms with E-state index in [1.54, 1.807) is 0 Å². The quantitative estimate of drug-likeness (QED) is 0.403. The molecule has 0 aliphatic rings. The fraction of sp³-hybridized carbons (Fsp3) is 0.481. The Labute approximate surface area is 194 Å². The van der Waals surface area contributed by atoms with Crippen molar-refractivity contribution in [1.29, 1.82) is 0 Å². The molecule has 32 heavy (non-hydrogen) atoms. The molecule has 2 amide bonds. The van der Waals surface area contributed by atoms with E-state index in [-0.39, 0.29) is 17.5 Å². The third kappa shape index (κ3) is 5.98. The molecule has 0 aliphatic carbocycles. The van der Waals surface area contributed by atoms with Gasteiger partial charge in [0, 0.05) is 0 Å². The van der Waals surface area contributed by atoms with Gasteiger partial charge < -0.3 is 0 Å². The van der Waals surface area contributed by atoms with Gasteiger partial charge in [0.15, 0.2) is 0 Å². The van der Waals surface area contributed by atoms with Crippen LogP contribution in [0.5, 0.6) is 0 Å². The molecule has 0 fully saturated rings. The molecule has 0 saturated heterocycles. The van der Waals surface area contributed by atoms with Crippen molar-refractivity contribution in [1.82, 2.24) is 0 Å². The van der Waals surface area contributed by atoms with Gasteiger partial charge in [0.1, 0.15) is 0 Å². The van der Waals surface area contributed by atoms with Crippen LogP contribution in [0.3, 0.4) is 0 Å². The summed E-state index contributed by atoms with van der Waals surface area (Å²) in [5.41, 5.74) is 6.00. The first-order valence-corrected chi connectivity index (χ1v) is 14.6. The van der Waals surface area contributed by atoms with Crippen LogP contribution in [0.2, 0.25) is 0 Å². The van der Waals surface area contributed by atoms with Crippen LogP contribution >= 0.6 is 7.26 Å². The van der Waals surface area contributed by atoms with E-state index in [1.165, 1.54) is 0 Å². The maximum atomic E-state index is 13.6. The summed E-state index contributed by atoms with van der Waals surface area (Å²) in [7, 11) is -2.22. The van der Waals surface area contributed by atoms with Gasteiger partial charge in [-0.1, -0.05) is 0 Å². The molecule has 0 heterocycles. The summed E-state index contributed by atoms with van der Waals surface area (Å²) in [5, 5.41) is 6.41. The number of amides is 2. The van der Waals surface area contributed by atoms with Crippen molar-refractivity contribution >= 4 is 30.5 Å². The van der Waals surface area contributed by atoms with Crippen molar-refractivity contribution in [3.05, 3.63) is 58.7 Å². The number of anilines is 2. The van der Waals surface area contributed by atoms with Gasteiger partial charge in [-0.2, -0.15) is 0 Å². The Kier molecular flexibility index (Phi) is 9.46. The van der Waals surface area contributed by atoms with Gasteiger partial charge in [0.05, 0.1) is 0 Å². The number of para-hydroxylation sites is 2. The van der Waals surface area contributed by atoms with E-state index >= 15 is 0 Å². The summed E-state index contributed by atoms with van der Waals surface area (Å²) < 4.78 is 0. The summed E-state index contributed by atoms with van der Waals surface area (Å²) in [4.78, 5) is 26.9. The fourth-order valence-corrected chi connectivity index (χ4v) is 9.35. The fourth-order valence-electron chi connectivity index (χ4n) is 4.86. The molecule has 1 unspecified atom stereocenters. The number of aryl methyl sites for hydroxylation is 4. The Hall–Kier alpha value is -2.19. The molecule has 0 spiro atoms. The molecule has 2 aromatic rings. The zero-order valence-corrected chi connectivity index (χ0v) is 21.9. The Morgan fingerprint density at radius 2 is 1.22 bits per heavy atom. The first-order chi connectivity index (χ1) is 15.2. The van der Waals surface area contributed by atoms with E-state index in [2.05, 4.69) is 31.4 Å². The summed E-state index contributed by atoms with van der Waals surface area (Å²) in [6.45, 7) is 14.5. The summed E-state index contributed by atoms with van der Waals surface area (Å²) in [6.07, 6.45) is 4.04. The van der Waals surface area contributed by atoms with Gasteiger partial charge in [-0.15, -0.1) is 0 Å². The van der Waals surface area contributed by atoms with Crippen LogP contribution in [-0.4, -0.2) is 36.0 Å². The molecule has 0 radical (unpaired) electrons. The Morgan fingerprint density at radius 1 is 0.781 bits per heavy atom. The minimum atomic E-state index is -2.22. The molecule has 176 valence electrons. The standard InChI is InChI=1S/C27H41N2O2P/c1-8-13-23(27(31)29-26-21(6)16-12-17-22(26)7)32(9-2,10-3)18-24(30)28-25-19(4)14-11-15-20(25)5/h11-12,14-17,23,32H,8-10,13,18H2,1-7H3,(H,28,30)(H,29,31). The molecule has 4 nitrogen and oxygen atoms in total. The van der Waals surface area contributed by atoms with Crippen molar-refractivity contribution in [2.45, 2.75) is 67.0 Å². The minimum absolute atomic E-state index is 0.0405. The monoisotopic (exact) mass is 456 g/mol. The molecule has 0 aromatic heterocycles. The number of rotatable bonds is 10. The summed E-state index contributed by atoms with van der Waals surface area (Å²) in [5.74, 6) is 0.123. The second kappa shape index (κ2) is 11.6. The van der Waals surface area contributed by atoms with Crippen molar-refractivity contribution in [3.63, 3.8) is 0 Å². The van der Waals surface area contributed by atoms with Crippen molar-refractivity contribution < 1.29 is 9.59 Å². The van der Waals surface area contributed by atoms with Crippen LogP contribution in [0, 0.1) is 27.7 Å². The second-order valence-corrected chi connectivity index (χ2v) is 14.3. The van der Waals surface area contributed by atoms with Crippen LogP contribution in [-0.2, 0) is 9.59 Å². The number of benzene rings is 2. The van der Waals surface area contributed by atoms with Crippen molar-refractivity contribution in [2.75, 3.05) is 29.1 Å². The van der Waals surface area contributed by atoms with Crippen LogP contribution < -0.4 is 10.6 Å². The number of carbonyl (C=O) groups is 2. The van der Waals surface area contributed by atoms with E-state index in [1.807, 2.05) is 64.1 Å². The zero-order valence-electron chi connectivity index (χ0n) is 20.9. The van der Waals surface area contributed by atoms with E-state index in [9.17, 15) is 9.59 Å². The number of hydrogen-bond acceptors (Lipinski definition) is 2. The molecule has 5 heteroatoms. The second-order valence-electron chi connectivity index (χ2n) is 9.16. The van der Waals surface area contributed by atoms with Gasteiger partial charge in [-0.05, 0) is 0 Å². The molecule has 0 saturated carbocycles. The van der Waals surface area contributed by atoms with Crippen LogP contribution in [0.25, 0.3) is 0 Å². The predicted octanol–water partition coefficient (Wildman–Crippen LogP) is 6.46. The van der Waals surface area contributed by atoms with Crippen LogP contribution in [0.1, 0.15) is 55.9 Å². The first kappa shape index (κ1) is 26.1. The number of hydrogen-bond donors (Lipinski definition) is 2. The number of nitrogens with one attached hydrogen (secondary N) is 2. The maximum absolute atomic E-state index is 13.6. The predicted molar refractivity (Wildman–Crippen MR) is 142 cm³/mol. The topological polar surface area (TPSA) is 58.2 Å². The van der Waals surface area contributed by atoms with Crippen LogP contribution in [0.4, 0.5) is 11.4 Å². The van der Waals surface area contributed by atoms with E-state index in [4.69, 9.17) is 0 Å². The van der Waals surface area contributed by atoms with Gasteiger partial charge in [0.2, 0.25) is 0 Å². The van der Waals surface area contributed by atoms with E-state index in [0.717, 1.165) is 58.8 Å². The number of carbonyl (C=O) groups excluding carboxylic acids is 2. The first-order valence-electron chi connectivity index (χ1n) is 11.9.